The molecule has 3 rings (SSSR count). The van der Waals surface area contributed by atoms with Crippen molar-refractivity contribution in [1.82, 2.24) is 15.1 Å². The number of unbranched alkanes of at least 4 members (excludes halogenated alkanes) is 3. The molecule has 168 valence electrons. The predicted molar refractivity (Wildman–Crippen MR) is 119 cm³/mol. The maximum absolute atomic E-state index is 13.0. The number of ether oxygens (including phenoxy) is 1. The van der Waals surface area contributed by atoms with E-state index >= 15 is 0 Å². The lowest BCUT2D eigenvalue weighted by atomic mass is 10.1. The Kier molecular flexibility index (Phi) is 8.08. The molecule has 0 aliphatic heterocycles. The molecular weight excluding hydrogens is 413 g/mol. The third-order valence-electron chi connectivity index (χ3n) is 5.02. The summed E-state index contributed by atoms with van der Waals surface area (Å²) in [5.74, 6) is -1.64. The van der Waals surface area contributed by atoms with Gasteiger partial charge in [0.05, 0.1) is 5.39 Å². The number of nitrogens with zero attached hydrogens (tertiary/aromatic N) is 2. The lowest BCUT2D eigenvalue weighted by Gasteiger charge is -2.11. The zero-order valence-electron chi connectivity index (χ0n) is 18.0. The number of hydrogen-bond acceptors (Lipinski definition) is 5. The maximum atomic E-state index is 13.0. The van der Waals surface area contributed by atoms with Crippen molar-refractivity contribution in [2.45, 2.75) is 45.7 Å². The molecule has 7 nitrogen and oxygen atoms in total. The number of benzene rings is 2. The van der Waals surface area contributed by atoms with Gasteiger partial charge in [-0.1, -0.05) is 56.5 Å². The van der Waals surface area contributed by atoms with Gasteiger partial charge >= 0.3 is 5.97 Å². The molecule has 0 aliphatic rings. The van der Waals surface area contributed by atoms with Crippen molar-refractivity contribution < 1.29 is 18.7 Å². The van der Waals surface area contributed by atoms with E-state index in [9.17, 15) is 18.8 Å². The van der Waals surface area contributed by atoms with Crippen molar-refractivity contribution in [3.63, 3.8) is 0 Å². The summed E-state index contributed by atoms with van der Waals surface area (Å²) in [6, 6.07) is 12.4. The fourth-order valence-corrected chi connectivity index (χ4v) is 3.28. The van der Waals surface area contributed by atoms with Gasteiger partial charge in [0.15, 0.2) is 12.3 Å². The molecule has 0 unspecified atom stereocenters. The summed E-state index contributed by atoms with van der Waals surface area (Å²) < 4.78 is 19.4. The van der Waals surface area contributed by atoms with Crippen LogP contribution < -0.4 is 10.9 Å². The second kappa shape index (κ2) is 11.2. The Morgan fingerprint density at radius 2 is 1.75 bits per heavy atom. The highest BCUT2D eigenvalue weighted by Gasteiger charge is 2.19. The molecule has 0 bridgehead atoms. The molecule has 0 fully saturated rings. The van der Waals surface area contributed by atoms with Crippen molar-refractivity contribution in [1.29, 1.82) is 0 Å². The van der Waals surface area contributed by atoms with Crippen molar-refractivity contribution in [3.05, 3.63) is 76.0 Å². The number of amides is 1. The molecule has 0 saturated carbocycles. The van der Waals surface area contributed by atoms with E-state index in [0.717, 1.165) is 25.7 Å². The molecular formula is C24H26FN3O4. The zero-order valence-corrected chi connectivity index (χ0v) is 18.0. The average molecular weight is 439 g/mol. The topological polar surface area (TPSA) is 90.3 Å². The Hall–Kier alpha value is -3.55. The first-order valence-electron chi connectivity index (χ1n) is 10.7. The number of rotatable bonds is 10. The van der Waals surface area contributed by atoms with Crippen LogP contribution in [0.15, 0.2) is 53.3 Å². The first-order valence-corrected chi connectivity index (χ1v) is 10.7. The van der Waals surface area contributed by atoms with Gasteiger partial charge in [-0.05, 0) is 30.2 Å². The second-order valence-corrected chi connectivity index (χ2v) is 7.46. The minimum absolute atomic E-state index is 0.00188. The number of fused-ring (bicyclic) bond motifs is 1. The monoisotopic (exact) mass is 439 g/mol. The van der Waals surface area contributed by atoms with Crippen LogP contribution >= 0.6 is 0 Å². The van der Waals surface area contributed by atoms with Crippen molar-refractivity contribution in [3.8, 4) is 0 Å². The highest BCUT2D eigenvalue weighted by atomic mass is 19.1. The van der Waals surface area contributed by atoms with Gasteiger partial charge in [0, 0.05) is 18.5 Å². The van der Waals surface area contributed by atoms with E-state index in [4.69, 9.17) is 4.74 Å². The number of halogens is 1. The van der Waals surface area contributed by atoms with Crippen LogP contribution in [0.5, 0.6) is 0 Å². The van der Waals surface area contributed by atoms with E-state index < -0.39 is 18.5 Å². The van der Waals surface area contributed by atoms with Crippen molar-refractivity contribution in [2.24, 2.45) is 0 Å². The Bertz CT molecular complexity index is 1140. The molecule has 0 atom stereocenters. The number of nitrogens with one attached hydrogen (secondary N) is 1. The van der Waals surface area contributed by atoms with Gasteiger partial charge in [0.1, 0.15) is 5.82 Å². The summed E-state index contributed by atoms with van der Waals surface area (Å²) >= 11 is 0. The first kappa shape index (κ1) is 23.1. The number of esters is 1. The van der Waals surface area contributed by atoms with Crippen LogP contribution in [0.25, 0.3) is 10.8 Å². The lowest BCUT2D eigenvalue weighted by Crippen LogP contribution is -2.30. The largest absolute Gasteiger partial charge is 0.451 e. The number of carbonyl (C=O) groups excluding carboxylic acids is 2. The minimum atomic E-state index is -0.777. The molecule has 32 heavy (non-hydrogen) atoms. The molecule has 2 aromatic carbocycles. The SMILES string of the molecule is CCCCCCn1nc(C(=O)OCC(=O)NCc2ccc(F)cc2)c2ccccc2c1=O. The summed E-state index contributed by atoms with van der Waals surface area (Å²) in [6.45, 7) is 2.19. The molecule has 1 amide bonds. The number of aryl methyl sites for hydroxylation is 1. The van der Waals surface area contributed by atoms with E-state index in [1.807, 2.05) is 0 Å². The molecule has 0 radical (unpaired) electrons. The molecule has 0 aliphatic carbocycles. The molecule has 3 aromatic rings. The number of aromatic nitrogens is 2. The fourth-order valence-electron chi connectivity index (χ4n) is 3.28. The summed E-state index contributed by atoms with van der Waals surface area (Å²) in [4.78, 5) is 37.5. The van der Waals surface area contributed by atoms with Crippen LogP contribution in [0.2, 0.25) is 0 Å². The molecule has 0 saturated heterocycles. The van der Waals surface area contributed by atoms with Crippen LogP contribution in [0.1, 0.15) is 48.7 Å². The Balaban J connectivity index is 1.68. The number of carbonyl (C=O) groups is 2. The van der Waals surface area contributed by atoms with E-state index in [1.165, 1.54) is 16.8 Å². The highest BCUT2D eigenvalue weighted by Crippen LogP contribution is 2.15. The van der Waals surface area contributed by atoms with E-state index in [2.05, 4.69) is 17.3 Å². The molecule has 1 N–H and O–H groups in total. The molecule has 1 heterocycles. The minimum Gasteiger partial charge on any atom is -0.451 e. The van der Waals surface area contributed by atoms with Crippen LogP contribution in [-0.2, 0) is 22.6 Å². The Labute approximate surface area is 185 Å². The van der Waals surface area contributed by atoms with Gasteiger partial charge in [-0.3, -0.25) is 9.59 Å². The van der Waals surface area contributed by atoms with Crippen LogP contribution in [0, 0.1) is 5.82 Å². The lowest BCUT2D eigenvalue weighted by molar-refractivity contribution is -0.124. The zero-order chi connectivity index (χ0) is 22.9. The van der Waals surface area contributed by atoms with Crippen LogP contribution in [-0.4, -0.2) is 28.3 Å². The van der Waals surface area contributed by atoms with Gasteiger partial charge in [0.25, 0.3) is 11.5 Å². The number of hydrogen-bond donors (Lipinski definition) is 1. The van der Waals surface area contributed by atoms with Gasteiger partial charge < -0.3 is 10.1 Å². The van der Waals surface area contributed by atoms with E-state index in [1.54, 1.807) is 36.4 Å². The van der Waals surface area contributed by atoms with Crippen LogP contribution in [0.4, 0.5) is 4.39 Å². The summed E-state index contributed by atoms with van der Waals surface area (Å²) in [5, 5.41) is 7.62. The standard InChI is InChI=1S/C24H26FN3O4/c1-2-3-4-7-14-28-23(30)20-9-6-5-8-19(20)22(27-28)24(31)32-16-21(29)26-15-17-10-12-18(25)13-11-17/h5-6,8-13H,2-4,7,14-16H2,1H3,(H,26,29). The quantitative estimate of drug-likeness (QED) is 0.385. The highest BCUT2D eigenvalue weighted by molar-refractivity contribution is 6.02. The maximum Gasteiger partial charge on any atom is 0.359 e. The average Bonchev–Trinajstić information content (AvgIpc) is 2.81. The first-order chi connectivity index (χ1) is 15.5. The van der Waals surface area contributed by atoms with Gasteiger partial charge in [-0.15, -0.1) is 0 Å². The molecule has 8 heteroatoms. The van der Waals surface area contributed by atoms with Crippen LogP contribution in [0.3, 0.4) is 0 Å². The molecule has 0 spiro atoms. The van der Waals surface area contributed by atoms with E-state index in [-0.39, 0.29) is 23.6 Å². The van der Waals surface area contributed by atoms with Gasteiger partial charge in [-0.2, -0.15) is 5.10 Å². The predicted octanol–water partition coefficient (Wildman–Crippen LogP) is 3.59. The third kappa shape index (κ3) is 6.00. The Morgan fingerprint density at radius 3 is 2.47 bits per heavy atom. The van der Waals surface area contributed by atoms with Crippen molar-refractivity contribution >= 4 is 22.6 Å². The van der Waals surface area contributed by atoms with Gasteiger partial charge in [0.2, 0.25) is 0 Å². The molecule has 1 aromatic heterocycles. The smallest absolute Gasteiger partial charge is 0.359 e. The summed E-state index contributed by atoms with van der Waals surface area (Å²) in [5.41, 5.74) is 0.460. The fraction of sp³-hybridized carbons (Fsp3) is 0.333. The van der Waals surface area contributed by atoms with Crippen molar-refractivity contribution in [2.75, 3.05) is 6.61 Å². The van der Waals surface area contributed by atoms with Gasteiger partial charge in [-0.25, -0.2) is 13.9 Å². The van der Waals surface area contributed by atoms with E-state index in [0.29, 0.717) is 22.9 Å². The Morgan fingerprint density at radius 1 is 1.03 bits per heavy atom. The normalized spacial score (nSPS) is 10.8. The summed E-state index contributed by atoms with van der Waals surface area (Å²) in [7, 11) is 0. The second-order valence-electron chi connectivity index (χ2n) is 7.46. The third-order valence-corrected chi connectivity index (χ3v) is 5.02. The summed E-state index contributed by atoms with van der Waals surface area (Å²) in [6.07, 6.45) is 3.87.